The molecule has 202 valence electrons. The van der Waals surface area contributed by atoms with E-state index in [2.05, 4.69) is 11.0 Å². The van der Waals surface area contributed by atoms with Crippen LogP contribution >= 0.6 is 0 Å². The van der Waals surface area contributed by atoms with Gasteiger partial charge in [-0.05, 0) is 74.6 Å². The molecular formula is C32H35N3O4. The van der Waals surface area contributed by atoms with Crippen molar-refractivity contribution in [2.24, 2.45) is 5.92 Å². The number of hydrogen-bond acceptors (Lipinski definition) is 6. The molecule has 2 aliphatic heterocycles. The van der Waals surface area contributed by atoms with E-state index in [9.17, 15) is 20.3 Å². The number of carbonyl (C=O) groups is 1. The standard InChI is InChI=1S/C32H35N3O4/c1-19-4-3-5-20(14-19)8-11-27(37)34(2)24-12-13-32(38)26-15-22-9-10-25(36)29-28(22)31(32,30(24)39-29)16-23(17-33)35(26)18-21-6-7-21/h3-5,8-11,14,21,23-24,26,30,36,38H,6-7,12-13,15-16,18H2,1-2H3/t23?,24-,26+,30-,31-,32+/m0/s1. The number of aromatic hydroxyl groups is 1. The number of benzene rings is 2. The zero-order valence-corrected chi connectivity index (χ0v) is 22.5. The highest BCUT2D eigenvalue weighted by molar-refractivity contribution is 5.92. The summed E-state index contributed by atoms with van der Waals surface area (Å²) in [6.07, 6.45) is 7.37. The number of aryl methyl sites for hydroxylation is 1. The van der Waals surface area contributed by atoms with Crippen molar-refractivity contribution in [1.82, 2.24) is 9.80 Å². The van der Waals surface area contributed by atoms with Crippen LogP contribution in [0, 0.1) is 24.2 Å². The van der Waals surface area contributed by atoms with Crippen LogP contribution in [0.25, 0.3) is 6.08 Å². The molecule has 1 amide bonds. The molecular weight excluding hydrogens is 490 g/mol. The molecule has 0 radical (unpaired) electrons. The predicted molar refractivity (Wildman–Crippen MR) is 146 cm³/mol. The Bertz CT molecular complexity index is 1430. The summed E-state index contributed by atoms with van der Waals surface area (Å²) in [5, 5.41) is 33.9. The fourth-order valence-electron chi connectivity index (χ4n) is 8.23. The first-order chi connectivity index (χ1) is 18.8. The highest BCUT2D eigenvalue weighted by Crippen LogP contribution is 2.66. The van der Waals surface area contributed by atoms with Crippen molar-refractivity contribution in [2.45, 2.75) is 80.7 Å². The van der Waals surface area contributed by atoms with Gasteiger partial charge in [-0.1, -0.05) is 35.9 Å². The number of phenolic OH excluding ortho intramolecular Hbond substituents is 1. The van der Waals surface area contributed by atoms with Crippen LogP contribution in [0.1, 0.15) is 54.4 Å². The number of rotatable bonds is 5. The van der Waals surface area contributed by atoms with E-state index in [1.807, 2.05) is 43.3 Å². The molecule has 1 spiro atoms. The third kappa shape index (κ3) is 3.44. The van der Waals surface area contributed by atoms with Crippen LogP contribution in [0.5, 0.6) is 11.5 Å². The summed E-state index contributed by atoms with van der Waals surface area (Å²) < 4.78 is 6.60. The lowest BCUT2D eigenvalue weighted by molar-refractivity contribution is -0.207. The van der Waals surface area contributed by atoms with Gasteiger partial charge in [0.25, 0.3) is 0 Å². The number of nitriles is 1. The van der Waals surface area contributed by atoms with Crippen LogP contribution < -0.4 is 4.74 Å². The van der Waals surface area contributed by atoms with Crippen LogP contribution in [0.2, 0.25) is 0 Å². The van der Waals surface area contributed by atoms with E-state index in [1.165, 1.54) is 12.8 Å². The molecule has 3 aliphatic carbocycles. The van der Waals surface area contributed by atoms with E-state index in [0.717, 1.165) is 28.8 Å². The van der Waals surface area contributed by atoms with Gasteiger partial charge in [0.2, 0.25) is 5.91 Å². The lowest BCUT2D eigenvalue weighted by atomic mass is 9.47. The molecule has 3 fully saturated rings. The SMILES string of the molecule is Cc1cccc(C=CC(=O)N(C)[C@H]2CC[C@@]3(O)[C@H]4Cc5ccc(O)c6c5[C@@]3(CC(C#N)N4CC3CC3)[C@H]2O6)c1. The molecule has 6 atom stereocenters. The highest BCUT2D eigenvalue weighted by Gasteiger charge is 2.75. The summed E-state index contributed by atoms with van der Waals surface area (Å²) in [6, 6.07) is 13.3. The van der Waals surface area contributed by atoms with Crippen LogP contribution in [0.4, 0.5) is 0 Å². The van der Waals surface area contributed by atoms with E-state index in [1.54, 1.807) is 24.1 Å². The van der Waals surface area contributed by atoms with Gasteiger partial charge in [-0.15, -0.1) is 0 Å². The molecule has 0 aromatic heterocycles. The van der Waals surface area contributed by atoms with Crippen molar-refractivity contribution in [1.29, 1.82) is 5.26 Å². The first kappa shape index (κ1) is 24.7. The fourth-order valence-corrected chi connectivity index (χ4v) is 8.23. The van der Waals surface area contributed by atoms with Crippen molar-refractivity contribution in [3.63, 3.8) is 0 Å². The van der Waals surface area contributed by atoms with Crippen molar-refractivity contribution in [3.05, 3.63) is 64.7 Å². The van der Waals surface area contributed by atoms with Crippen LogP contribution in [-0.2, 0) is 16.6 Å². The van der Waals surface area contributed by atoms with Crippen molar-refractivity contribution < 1.29 is 19.7 Å². The molecule has 7 rings (SSSR count). The summed E-state index contributed by atoms with van der Waals surface area (Å²) in [5.41, 5.74) is 2.05. The summed E-state index contributed by atoms with van der Waals surface area (Å²) in [5.74, 6) is 0.929. The Kier molecular flexibility index (Phi) is 5.43. The van der Waals surface area contributed by atoms with Crippen LogP contribution in [0.3, 0.4) is 0 Å². The Morgan fingerprint density at radius 2 is 2.10 bits per heavy atom. The van der Waals surface area contributed by atoms with Gasteiger partial charge < -0.3 is 19.8 Å². The van der Waals surface area contributed by atoms with Gasteiger partial charge in [0.15, 0.2) is 11.5 Å². The number of hydrogen-bond donors (Lipinski definition) is 2. The van der Waals surface area contributed by atoms with Gasteiger partial charge in [0.1, 0.15) is 6.10 Å². The summed E-state index contributed by atoms with van der Waals surface area (Å²) in [6.45, 7) is 2.85. The number of aliphatic hydroxyl groups is 1. The molecule has 2 bridgehead atoms. The number of ether oxygens (including phenoxy) is 1. The molecule has 2 aromatic carbocycles. The van der Waals surface area contributed by atoms with E-state index >= 15 is 0 Å². The third-order valence-corrected chi connectivity index (χ3v) is 10.2. The molecule has 7 nitrogen and oxygen atoms in total. The number of likely N-dealkylation sites (N-methyl/N-ethyl adjacent to an activating group) is 1. The number of phenols is 1. The van der Waals surface area contributed by atoms with Crippen LogP contribution in [-0.4, -0.2) is 69.3 Å². The average Bonchev–Trinajstić information content (AvgIpc) is 3.67. The minimum atomic E-state index is -1.11. The summed E-state index contributed by atoms with van der Waals surface area (Å²) in [7, 11) is 1.80. The maximum absolute atomic E-state index is 13.5. The topological polar surface area (TPSA) is 97.0 Å². The molecule has 39 heavy (non-hydrogen) atoms. The van der Waals surface area contributed by atoms with Crippen molar-refractivity contribution >= 4 is 12.0 Å². The molecule has 2 N–H and O–H groups in total. The fraction of sp³-hybridized carbons (Fsp3) is 0.500. The second-order valence-electron chi connectivity index (χ2n) is 12.4. The average molecular weight is 526 g/mol. The Morgan fingerprint density at radius 3 is 2.85 bits per heavy atom. The number of likely N-dealkylation sites (tertiary alicyclic amines) is 1. The number of nitrogens with zero attached hydrogens (tertiary/aromatic N) is 3. The minimum absolute atomic E-state index is 0.0549. The Morgan fingerprint density at radius 1 is 1.28 bits per heavy atom. The zero-order valence-electron chi connectivity index (χ0n) is 22.5. The lowest BCUT2D eigenvalue weighted by Gasteiger charge is -2.65. The molecule has 2 saturated carbocycles. The molecule has 1 unspecified atom stereocenters. The Hall–Kier alpha value is -3.34. The predicted octanol–water partition coefficient (Wildman–Crippen LogP) is 3.70. The van der Waals surface area contributed by atoms with Gasteiger partial charge in [-0.25, -0.2) is 0 Å². The molecule has 2 aromatic rings. The first-order valence-corrected chi connectivity index (χ1v) is 14.2. The molecule has 5 aliphatic rings. The van der Waals surface area contributed by atoms with E-state index in [0.29, 0.717) is 37.4 Å². The van der Waals surface area contributed by atoms with Crippen molar-refractivity contribution in [2.75, 3.05) is 13.6 Å². The Labute approximate surface area is 229 Å². The summed E-state index contributed by atoms with van der Waals surface area (Å²) >= 11 is 0. The zero-order chi connectivity index (χ0) is 27.1. The molecule has 1 saturated heterocycles. The number of carbonyl (C=O) groups excluding carboxylic acids is 1. The van der Waals surface area contributed by atoms with Crippen molar-refractivity contribution in [3.8, 4) is 17.6 Å². The van der Waals surface area contributed by atoms with Gasteiger partial charge in [-0.2, -0.15) is 5.26 Å². The quantitative estimate of drug-likeness (QED) is 0.578. The van der Waals surface area contributed by atoms with Gasteiger partial charge >= 0.3 is 0 Å². The minimum Gasteiger partial charge on any atom is -0.504 e. The van der Waals surface area contributed by atoms with E-state index in [4.69, 9.17) is 4.74 Å². The molecule has 7 heteroatoms. The number of piperidine rings is 1. The number of amides is 1. The van der Waals surface area contributed by atoms with Gasteiger partial charge in [0.05, 0.1) is 29.2 Å². The lowest BCUT2D eigenvalue weighted by Crippen LogP contribution is -2.79. The van der Waals surface area contributed by atoms with Gasteiger partial charge in [-0.3, -0.25) is 9.69 Å². The van der Waals surface area contributed by atoms with Gasteiger partial charge in [0, 0.05) is 31.3 Å². The monoisotopic (exact) mass is 525 g/mol. The smallest absolute Gasteiger partial charge is 0.246 e. The second kappa shape index (κ2) is 8.58. The maximum Gasteiger partial charge on any atom is 0.246 e. The largest absolute Gasteiger partial charge is 0.504 e. The van der Waals surface area contributed by atoms with E-state index in [-0.39, 0.29) is 29.8 Å². The highest BCUT2D eigenvalue weighted by atomic mass is 16.5. The second-order valence-corrected chi connectivity index (χ2v) is 12.4. The van der Waals surface area contributed by atoms with E-state index < -0.39 is 17.1 Å². The molecule has 2 heterocycles. The maximum atomic E-state index is 13.5. The van der Waals surface area contributed by atoms with Crippen LogP contribution in [0.15, 0.2) is 42.5 Å². The first-order valence-electron chi connectivity index (χ1n) is 14.2. The third-order valence-electron chi connectivity index (χ3n) is 10.2. The normalized spacial score (nSPS) is 34.3. The summed E-state index contributed by atoms with van der Waals surface area (Å²) in [4.78, 5) is 17.5. The Balaban J connectivity index is 1.29.